The minimum absolute atomic E-state index is 0.0139. The molecule has 226 valence electrons. The lowest BCUT2D eigenvalue weighted by atomic mass is 10.1. The summed E-state index contributed by atoms with van der Waals surface area (Å²) < 4.78 is 92.1. The summed E-state index contributed by atoms with van der Waals surface area (Å²) in [7, 11) is -12.8. The first-order valence-corrected chi connectivity index (χ1v) is 16.6. The number of anilines is 2. The van der Waals surface area contributed by atoms with Gasteiger partial charge in [-0.05, 0) is 67.3 Å². The Labute approximate surface area is 243 Å². The maximum absolute atomic E-state index is 12.2. The van der Waals surface area contributed by atoms with Crippen molar-refractivity contribution in [3.05, 3.63) is 60.2 Å². The van der Waals surface area contributed by atoms with Crippen molar-refractivity contribution >= 4 is 64.5 Å². The Bertz CT molecular complexity index is 1810. The van der Waals surface area contributed by atoms with Crippen LogP contribution >= 0.6 is 0 Å². The predicted molar refractivity (Wildman–Crippen MR) is 154 cm³/mol. The molecule has 0 heterocycles. The van der Waals surface area contributed by atoms with Gasteiger partial charge in [-0.15, -0.1) is 10.2 Å². The smallest absolute Gasteiger partial charge is 0.396 e. The quantitative estimate of drug-likeness (QED) is 0.0848. The van der Waals surface area contributed by atoms with Gasteiger partial charge in [-0.3, -0.25) is 9.11 Å². The van der Waals surface area contributed by atoms with Crippen LogP contribution in [0.25, 0.3) is 0 Å². The number of nitrogen functional groups attached to an aromatic ring is 2. The lowest BCUT2D eigenvalue weighted by Gasteiger charge is -2.10. The van der Waals surface area contributed by atoms with Gasteiger partial charge in [-0.1, -0.05) is 19.1 Å². The highest BCUT2D eigenvalue weighted by molar-refractivity contribution is 7.91. The first kappa shape index (κ1) is 32.7. The van der Waals surface area contributed by atoms with E-state index in [1.54, 1.807) is 31.2 Å². The second-order valence-corrected chi connectivity index (χ2v) is 13.4. The van der Waals surface area contributed by atoms with E-state index >= 15 is 0 Å². The number of aryl methyl sites for hydroxylation is 1. The average Bonchev–Trinajstić information content (AvgIpc) is 2.90. The Morgan fingerprint density at radius 3 is 1.90 bits per heavy atom. The van der Waals surface area contributed by atoms with E-state index in [1.807, 2.05) is 0 Å². The summed E-state index contributed by atoms with van der Waals surface area (Å²) in [5.41, 5.74) is 12.3. The van der Waals surface area contributed by atoms with Crippen LogP contribution in [-0.2, 0) is 41.0 Å². The standard InChI is InChI=1S/C24H28N6O9S3/c1-2-14-40(31,32)19-11-9-18(10-12-19)28-30-24-22(25)20(15-21(23(24)26)41(33,34)35)29-27-17-7-5-16(6-8-17)4-3-13-39-42(36,37)38/h5-12,15H,2-4,13-14,25-26H2,1H3,(H,33,34,35)(H,36,37,38). The Morgan fingerprint density at radius 2 is 1.36 bits per heavy atom. The lowest BCUT2D eigenvalue weighted by molar-refractivity contribution is 0.265. The van der Waals surface area contributed by atoms with Gasteiger partial charge in [-0.25, -0.2) is 12.6 Å². The van der Waals surface area contributed by atoms with E-state index in [9.17, 15) is 29.8 Å². The second kappa shape index (κ2) is 13.4. The summed E-state index contributed by atoms with van der Waals surface area (Å²) in [6, 6.07) is 13.0. The minimum atomic E-state index is -4.83. The molecule has 0 spiro atoms. The van der Waals surface area contributed by atoms with E-state index in [2.05, 4.69) is 24.6 Å². The molecular formula is C24H28N6O9S3. The Balaban J connectivity index is 1.87. The molecule has 0 saturated heterocycles. The Morgan fingerprint density at radius 1 is 0.786 bits per heavy atom. The summed E-state index contributed by atoms with van der Waals surface area (Å²) in [5, 5.41) is 15.9. The number of benzene rings is 3. The van der Waals surface area contributed by atoms with Crippen molar-refractivity contribution in [3.63, 3.8) is 0 Å². The highest BCUT2D eigenvalue weighted by Gasteiger charge is 2.22. The summed E-state index contributed by atoms with van der Waals surface area (Å²) in [6.07, 6.45) is 1.22. The fourth-order valence-corrected chi connectivity index (χ4v) is 5.85. The normalized spacial score (nSPS) is 12.8. The SMILES string of the molecule is CCCS(=O)(=O)c1ccc(N=Nc2c(N)c(N=Nc3ccc(CCCOS(=O)(=O)O)cc3)cc(S(=O)(=O)O)c2N)cc1. The molecule has 3 rings (SSSR count). The summed E-state index contributed by atoms with van der Waals surface area (Å²) in [6.45, 7) is 1.55. The average molecular weight is 641 g/mol. The third-order valence-corrected chi connectivity index (χ3v) is 8.88. The van der Waals surface area contributed by atoms with Gasteiger partial charge < -0.3 is 11.5 Å². The van der Waals surface area contributed by atoms with Crippen molar-refractivity contribution in [2.24, 2.45) is 20.5 Å². The molecule has 0 unspecified atom stereocenters. The van der Waals surface area contributed by atoms with Gasteiger partial charge in [0.25, 0.3) is 10.1 Å². The molecule has 0 aliphatic heterocycles. The van der Waals surface area contributed by atoms with Crippen molar-refractivity contribution in [1.29, 1.82) is 0 Å². The molecule has 0 amide bonds. The molecule has 15 nitrogen and oxygen atoms in total. The highest BCUT2D eigenvalue weighted by Crippen LogP contribution is 2.43. The van der Waals surface area contributed by atoms with Gasteiger partial charge in [0.05, 0.1) is 40.0 Å². The first-order valence-electron chi connectivity index (χ1n) is 12.2. The van der Waals surface area contributed by atoms with Crippen LogP contribution in [0.2, 0.25) is 0 Å². The molecule has 3 aromatic carbocycles. The van der Waals surface area contributed by atoms with Gasteiger partial charge in [0.1, 0.15) is 16.3 Å². The first-order chi connectivity index (χ1) is 19.6. The molecule has 6 N–H and O–H groups in total. The van der Waals surface area contributed by atoms with Crippen molar-refractivity contribution in [2.45, 2.75) is 36.0 Å². The number of rotatable bonds is 13. The summed E-state index contributed by atoms with van der Waals surface area (Å²) in [4.78, 5) is -0.610. The second-order valence-electron chi connectivity index (χ2n) is 8.78. The van der Waals surface area contributed by atoms with E-state index in [0.717, 1.165) is 11.6 Å². The van der Waals surface area contributed by atoms with Gasteiger partial charge in [0, 0.05) is 0 Å². The van der Waals surface area contributed by atoms with Crippen LogP contribution < -0.4 is 11.5 Å². The Hall–Kier alpha value is -3.81. The maximum atomic E-state index is 12.2. The van der Waals surface area contributed by atoms with E-state index in [0.29, 0.717) is 24.9 Å². The fraction of sp³-hybridized carbons (Fsp3) is 0.250. The monoisotopic (exact) mass is 640 g/mol. The van der Waals surface area contributed by atoms with Crippen LogP contribution in [0.15, 0.2) is 84.8 Å². The number of sulfone groups is 1. The van der Waals surface area contributed by atoms with Crippen LogP contribution in [0.5, 0.6) is 0 Å². The largest absolute Gasteiger partial charge is 0.397 e. The van der Waals surface area contributed by atoms with Crippen molar-refractivity contribution in [2.75, 3.05) is 23.8 Å². The molecule has 0 radical (unpaired) electrons. The molecule has 0 aliphatic rings. The van der Waals surface area contributed by atoms with Gasteiger partial charge in [0.15, 0.2) is 9.84 Å². The molecule has 0 atom stereocenters. The van der Waals surface area contributed by atoms with Crippen molar-refractivity contribution in [3.8, 4) is 0 Å². The van der Waals surface area contributed by atoms with E-state index < -0.39 is 40.9 Å². The number of nitrogens with two attached hydrogens (primary N) is 2. The van der Waals surface area contributed by atoms with Crippen LogP contribution in [0.4, 0.5) is 34.1 Å². The molecule has 3 aromatic rings. The van der Waals surface area contributed by atoms with Gasteiger partial charge >= 0.3 is 10.4 Å². The summed E-state index contributed by atoms with van der Waals surface area (Å²) >= 11 is 0. The number of nitrogens with zero attached hydrogens (tertiary/aromatic N) is 4. The topological polar surface area (TPSA) is 254 Å². The minimum Gasteiger partial charge on any atom is -0.396 e. The Kier molecular flexibility index (Phi) is 10.5. The molecule has 0 saturated carbocycles. The van der Waals surface area contributed by atoms with Crippen LogP contribution in [0.3, 0.4) is 0 Å². The molecule has 0 bridgehead atoms. The third kappa shape index (κ3) is 9.10. The molecule has 0 aromatic heterocycles. The maximum Gasteiger partial charge on any atom is 0.397 e. The molecule has 0 fully saturated rings. The number of hydrogen-bond acceptors (Lipinski definition) is 13. The van der Waals surface area contributed by atoms with Crippen LogP contribution in [-0.4, -0.2) is 46.7 Å². The molecule has 0 aliphatic carbocycles. The zero-order valence-corrected chi connectivity index (χ0v) is 24.6. The van der Waals surface area contributed by atoms with E-state index in [-0.39, 0.29) is 40.0 Å². The van der Waals surface area contributed by atoms with E-state index in [1.165, 1.54) is 24.3 Å². The third-order valence-electron chi connectivity index (χ3n) is 5.58. The highest BCUT2D eigenvalue weighted by atomic mass is 32.3. The predicted octanol–water partition coefficient (Wildman–Crippen LogP) is 4.86. The van der Waals surface area contributed by atoms with Crippen molar-refractivity contribution in [1.82, 2.24) is 0 Å². The van der Waals surface area contributed by atoms with Crippen LogP contribution in [0, 0.1) is 0 Å². The van der Waals surface area contributed by atoms with Gasteiger partial charge in [0.2, 0.25) is 0 Å². The zero-order valence-electron chi connectivity index (χ0n) is 22.2. The molecular weight excluding hydrogens is 612 g/mol. The fourth-order valence-electron chi connectivity index (χ4n) is 3.56. The lowest BCUT2D eigenvalue weighted by Crippen LogP contribution is -2.05. The van der Waals surface area contributed by atoms with E-state index in [4.69, 9.17) is 16.0 Å². The number of azo groups is 2. The summed E-state index contributed by atoms with van der Waals surface area (Å²) in [5.74, 6) is -0.0139. The molecule has 18 heteroatoms. The number of hydrogen-bond donors (Lipinski definition) is 4. The van der Waals surface area contributed by atoms with Gasteiger partial charge in [-0.2, -0.15) is 27.1 Å². The van der Waals surface area contributed by atoms with Crippen LogP contribution in [0.1, 0.15) is 25.3 Å². The zero-order chi connectivity index (χ0) is 31.1. The van der Waals surface area contributed by atoms with Crippen molar-refractivity contribution < 1.29 is 38.5 Å². The molecule has 42 heavy (non-hydrogen) atoms.